The van der Waals surface area contributed by atoms with Crippen LogP contribution in [0.5, 0.6) is 0 Å². The van der Waals surface area contributed by atoms with E-state index in [1.54, 1.807) is 0 Å². The van der Waals surface area contributed by atoms with Gasteiger partial charge in [-0.05, 0) is 68.4 Å². The first kappa shape index (κ1) is 12.8. The predicted molar refractivity (Wildman–Crippen MR) is 75.8 cm³/mol. The molecule has 4 atom stereocenters. The van der Waals surface area contributed by atoms with Gasteiger partial charge in [-0.25, -0.2) is 0 Å². The lowest BCUT2D eigenvalue weighted by atomic mass is 9.53. The molecule has 4 heteroatoms. The Balaban J connectivity index is 1.79. The number of rotatable bonds is 1. The van der Waals surface area contributed by atoms with E-state index < -0.39 is 0 Å². The molecular weight excluding hydrogens is 252 g/mol. The van der Waals surface area contributed by atoms with E-state index in [1.165, 1.54) is 24.1 Å². The van der Waals surface area contributed by atoms with E-state index in [-0.39, 0.29) is 11.4 Å². The summed E-state index contributed by atoms with van der Waals surface area (Å²) < 4.78 is 0. The number of hydrogen-bond acceptors (Lipinski definition) is 3. The number of aliphatic hydroxyl groups excluding tert-OH is 1. The molecule has 4 rings (SSSR count). The van der Waals surface area contributed by atoms with E-state index in [9.17, 15) is 9.90 Å². The molecule has 0 aromatic heterocycles. The molecule has 0 unspecified atom stereocenters. The minimum absolute atomic E-state index is 0.0792. The average Bonchev–Trinajstić information content (AvgIpc) is 2.46. The van der Waals surface area contributed by atoms with Gasteiger partial charge in [-0.1, -0.05) is 0 Å². The van der Waals surface area contributed by atoms with Gasteiger partial charge in [-0.15, -0.1) is 0 Å². The van der Waals surface area contributed by atoms with Crippen molar-refractivity contribution >= 4 is 5.91 Å². The molecule has 1 amide bonds. The second-order valence-electron chi connectivity index (χ2n) is 7.10. The Kier molecular flexibility index (Phi) is 2.93. The summed E-state index contributed by atoms with van der Waals surface area (Å²) in [6.07, 6.45) is 7.31. The summed E-state index contributed by atoms with van der Waals surface area (Å²) >= 11 is 0. The first-order valence-electron chi connectivity index (χ1n) is 8.11. The average molecular weight is 276 g/mol. The lowest BCUT2D eigenvalue weighted by Crippen LogP contribution is -2.65. The Morgan fingerprint density at radius 1 is 1.35 bits per heavy atom. The van der Waals surface area contributed by atoms with Crippen LogP contribution in [0.3, 0.4) is 0 Å². The lowest BCUT2D eigenvalue weighted by Gasteiger charge is -2.59. The van der Waals surface area contributed by atoms with E-state index in [2.05, 4.69) is 10.6 Å². The third kappa shape index (κ3) is 1.70. The standard InChI is InChI=1S/C16H24N2O2/c19-9-10-6-11-7-14-13(3-4-15(20)18-14)16(8-10)12(11)2-1-5-17-16/h10-12,17,19H,1-9H2,(H,18,20)/t10-,11-,12-,16+/m1/s1. The highest BCUT2D eigenvalue weighted by Crippen LogP contribution is 2.55. The third-order valence-corrected chi connectivity index (χ3v) is 6.10. The molecule has 0 aromatic carbocycles. The van der Waals surface area contributed by atoms with Crippen molar-refractivity contribution in [1.82, 2.24) is 10.6 Å². The quantitative estimate of drug-likeness (QED) is 0.677. The Morgan fingerprint density at radius 3 is 3.10 bits per heavy atom. The third-order valence-electron chi connectivity index (χ3n) is 6.10. The predicted octanol–water partition coefficient (Wildman–Crippen LogP) is 1.31. The van der Waals surface area contributed by atoms with E-state index >= 15 is 0 Å². The molecular formula is C16H24N2O2. The van der Waals surface area contributed by atoms with Gasteiger partial charge in [0.2, 0.25) is 5.91 Å². The number of nitrogens with one attached hydrogen (secondary N) is 2. The first-order valence-corrected chi connectivity index (χ1v) is 8.11. The Bertz CT molecular complexity index is 473. The number of carbonyl (C=O) groups excluding carboxylic acids is 1. The highest BCUT2D eigenvalue weighted by Gasteiger charge is 2.55. The Labute approximate surface area is 120 Å². The normalized spacial score (nSPS) is 43.6. The monoisotopic (exact) mass is 276 g/mol. The fourth-order valence-electron chi connectivity index (χ4n) is 5.45. The molecule has 2 bridgehead atoms. The van der Waals surface area contributed by atoms with Crippen LogP contribution in [0, 0.1) is 17.8 Å². The molecule has 2 aliphatic heterocycles. The Morgan fingerprint density at radius 2 is 2.25 bits per heavy atom. The van der Waals surface area contributed by atoms with Crippen molar-refractivity contribution in [3.63, 3.8) is 0 Å². The molecule has 3 N–H and O–H groups in total. The first-order chi connectivity index (χ1) is 9.73. The van der Waals surface area contributed by atoms with Gasteiger partial charge in [0.05, 0.1) is 0 Å². The highest BCUT2D eigenvalue weighted by molar-refractivity contribution is 5.80. The van der Waals surface area contributed by atoms with Gasteiger partial charge in [0, 0.05) is 24.3 Å². The summed E-state index contributed by atoms with van der Waals surface area (Å²) in [7, 11) is 0. The largest absolute Gasteiger partial charge is 0.396 e. The molecule has 0 aromatic rings. The molecule has 20 heavy (non-hydrogen) atoms. The number of hydrogen-bond donors (Lipinski definition) is 3. The summed E-state index contributed by atoms with van der Waals surface area (Å²) in [5.41, 5.74) is 2.76. The van der Waals surface area contributed by atoms with Crippen LogP contribution in [-0.4, -0.2) is 29.7 Å². The summed E-state index contributed by atoms with van der Waals surface area (Å²) in [6, 6.07) is 0. The van der Waals surface area contributed by atoms with Gasteiger partial charge >= 0.3 is 0 Å². The highest BCUT2D eigenvalue weighted by atomic mass is 16.3. The van der Waals surface area contributed by atoms with Crippen LogP contribution in [0.4, 0.5) is 0 Å². The van der Waals surface area contributed by atoms with Gasteiger partial charge in [0.25, 0.3) is 0 Å². The fourth-order valence-corrected chi connectivity index (χ4v) is 5.45. The molecule has 2 aliphatic carbocycles. The number of amides is 1. The molecule has 2 fully saturated rings. The van der Waals surface area contributed by atoms with Gasteiger partial charge in [-0.3, -0.25) is 4.79 Å². The molecule has 1 saturated carbocycles. The smallest absolute Gasteiger partial charge is 0.224 e. The molecule has 4 nitrogen and oxygen atoms in total. The molecule has 0 radical (unpaired) electrons. The molecule has 2 heterocycles. The van der Waals surface area contributed by atoms with Crippen molar-refractivity contribution in [1.29, 1.82) is 0 Å². The van der Waals surface area contributed by atoms with E-state index in [4.69, 9.17) is 0 Å². The lowest BCUT2D eigenvalue weighted by molar-refractivity contribution is -0.121. The summed E-state index contributed by atoms with van der Waals surface area (Å²) in [5.74, 6) is 1.96. The number of carbonyl (C=O) groups is 1. The van der Waals surface area contributed by atoms with Crippen LogP contribution in [-0.2, 0) is 4.79 Å². The van der Waals surface area contributed by atoms with Crippen LogP contribution in [0.1, 0.15) is 44.9 Å². The second kappa shape index (κ2) is 4.57. The van der Waals surface area contributed by atoms with Crippen molar-refractivity contribution in [2.45, 2.75) is 50.5 Å². The van der Waals surface area contributed by atoms with Crippen LogP contribution in [0.15, 0.2) is 11.3 Å². The minimum atomic E-state index is 0.0792. The maximum Gasteiger partial charge on any atom is 0.224 e. The van der Waals surface area contributed by atoms with Gasteiger partial charge in [0.1, 0.15) is 0 Å². The van der Waals surface area contributed by atoms with Gasteiger partial charge < -0.3 is 15.7 Å². The summed E-state index contributed by atoms with van der Waals surface area (Å²) in [6.45, 7) is 1.38. The number of aliphatic hydroxyl groups is 1. The topological polar surface area (TPSA) is 61.4 Å². The molecule has 0 spiro atoms. The van der Waals surface area contributed by atoms with Crippen LogP contribution in [0.2, 0.25) is 0 Å². The molecule has 110 valence electrons. The zero-order chi connectivity index (χ0) is 13.7. The van der Waals surface area contributed by atoms with E-state index in [0.717, 1.165) is 32.2 Å². The summed E-state index contributed by atoms with van der Waals surface area (Å²) in [5, 5.41) is 16.6. The Hall–Kier alpha value is -0.870. The van der Waals surface area contributed by atoms with Crippen molar-refractivity contribution < 1.29 is 9.90 Å². The zero-order valence-electron chi connectivity index (χ0n) is 12.0. The second-order valence-corrected chi connectivity index (χ2v) is 7.10. The van der Waals surface area contributed by atoms with Crippen LogP contribution < -0.4 is 10.6 Å². The van der Waals surface area contributed by atoms with Crippen molar-refractivity contribution in [3.05, 3.63) is 11.3 Å². The maximum absolute atomic E-state index is 11.7. The van der Waals surface area contributed by atoms with E-state index in [0.29, 0.717) is 30.8 Å². The van der Waals surface area contributed by atoms with E-state index in [1.807, 2.05) is 0 Å². The number of piperidine rings is 1. The van der Waals surface area contributed by atoms with Crippen molar-refractivity contribution in [3.8, 4) is 0 Å². The van der Waals surface area contributed by atoms with Crippen molar-refractivity contribution in [2.24, 2.45) is 17.8 Å². The van der Waals surface area contributed by atoms with Crippen LogP contribution in [0.25, 0.3) is 0 Å². The molecule has 1 saturated heterocycles. The van der Waals surface area contributed by atoms with Crippen LogP contribution >= 0.6 is 0 Å². The van der Waals surface area contributed by atoms with Crippen molar-refractivity contribution in [2.75, 3.05) is 13.2 Å². The fraction of sp³-hybridized carbons (Fsp3) is 0.812. The SMILES string of the molecule is O=C1CCC2=C(C[C@H]3C[C@@H](CO)C[C@@]24NCCC[C@H]34)N1. The maximum atomic E-state index is 11.7. The van der Waals surface area contributed by atoms with Gasteiger partial charge in [-0.2, -0.15) is 0 Å². The van der Waals surface area contributed by atoms with Gasteiger partial charge in [0.15, 0.2) is 0 Å². The zero-order valence-corrected chi connectivity index (χ0v) is 12.0. The number of allylic oxidation sites excluding steroid dienone is 1. The summed E-state index contributed by atoms with van der Waals surface area (Å²) in [4.78, 5) is 11.7. The molecule has 4 aliphatic rings. The minimum Gasteiger partial charge on any atom is -0.396 e.